The number of amides is 1. The highest BCUT2D eigenvalue weighted by Crippen LogP contribution is 2.26. The van der Waals surface area contributed by atoms with Crippen LogP contribution < -0.4 is 14.8 Å². The van der Waals surface area contributed by atoms with Crippen LogP contribution in [-0.2, 0) is 14.8 Å². The predicted octanol–water partition coefficient (Wildman–Crippen LogP) is 5.58. The fraction of sp³-hybridized carbons (Fsp3) is 0.115. The number of hydrogen-bond donors (Lipinski definition) is 2. The van der Waals surface area contributed by atoms with Crippen molar-refractivity contribution in [2.75, 3.05) is 10.0 Å². The summed E-state index contributed by atoms with van der Waals surface area (Å²) in [5.74, 6) is -1.03. The van der Waals surface area contributed by atoms with Gasteiger partial charge < -0.3 is 10.1 Å². The molecule has 0 bridgehead atoms. The van der Waals surface area contributed by atoms with Crippen LogP contribution in [0.15, 0.2) is 95.9 Å². The first-order valence-corrected chi connectivity index (χ1v) is 12.2. The Hall–Kier alpha value is -3.91. The van der Waals surface area contributed by atoms with Gasteiger partial charge in [0.05, 0.1) is 10.6 Å². The van der Waals surface area contributed by atoms with Crippen LogP contribution in [0.5, 0.6) is 5.75 Å². The molecule has 4 rings (SSSR count). The highest BCUT2D eigenvalue weighted by Gasteiger charge is 2.21. The Morgan fingerprint density at radius 2 is 1.59 bits per heavy atom. The largest absolute Gasteiger partial charge is 0.478 e. The van der Waals surface area contributed by atoms with Gasteiger partial charge in [-0.25, -0.2) is 12.8 Å². The quantitative estimate of drug-likeness (QED) is 0.346. The van der Waals surface area contributed by atoms with E-state index in [0.29, 0.717) is 17.8 Å². The molecular weight excluding hydrogens is 455 g/mol. The van der Waals surface area contributed by atoms with Crippen LogP contribution in [0.25, 0.3) is 10.8 Å². The second-order valence-corrected chi connectivity index (χ2v) is 9.27. The van der Waals surface area contributed by atoms with Crippen molar-refractivity contribution in [3.05, 3.63) is 96.8 Å². The van der Waals surface area contributed by atoms with Crippen molar-refractivity contribution < 1.29 is 22.3 Å². The number of ether oxygens (including phenoxy) is 1. The number of para-hydroxylation sites is 1. The van der Waals surface area contributed by atoms with Crippen molar-refractivity contribution in [2.24, 2.45) is 0 Å². The van der Waals surface area contributed by atoms with Crippen LogP contribution in [0.4, 0.5) is 15.8 Å². The highest BCUT2D eigenvalue weighted by molar-refractivity contribution is 7.92. The summed E-state index contributed by atoms with van der Waals surface area (Å²) in [6.45, 7) is 1.75. The second-order valence-electron chi connectivity index (χ2n) is 7.59. The Labute approximate surface area is 197 Å². The molecule has 0 unspecified atom stereocenters. The monoisotopic (exact) mass is 478 g/mol. The van der Waals surface area contributed by atoms with E-state index in [9.17, 15) is 17.6 Å². The minimum atomic E-state index is -3.85. The Kier molecular flexibility index (Phi) is 6.79. The number of nitrogens with one attached hydrogen (secondary N) is 2. The predicted molar refractivity (Wildman–Crippen MR) is 131 cm³/mol. The van der Waals surface area contributed by atoms with Crippen LogP contribution >= 0.6 is 0 Å². The Morgan fingerprint density at radius 3 is 2.32 bits per heavy atom. The van der Waals surface area contributed by atoms with Gasteiger partial charge in [-0.05, 0) is 54.3 Å². The summed E-state index contributed by atoms with van der Waals surface area (Å²) in [6, 6.07) is 24.5. The van der Waals surface area contributed by atoms with Crippen molar-refractivity contribution in [1.29, 1.82) is 0 Å². The SMILES string of the molecule is CC[C@@H](Oc1ccccc1F)C(=O)Nc1ccc(S(=O)(=O)Nc2cccc3ccccc23)cc1. The normalized spacial score (nSPS) is 12.2. The van der Waals surface area contributed by atoms with Gasteiger partial charge in [0.25, 0.3) is 15.9 Å². The third kappa shape index (κ3) is 5.18. The molecule has 0 aromatic heterocycles. The van der Waals surface area contributed by atoms with Crippen molar-refractivity contribution in [3.8, 4) is 5.75 Å². The van der Waals surface area contributed by atoms with Gasteiger partial charge in [-0.1, -0.05) is 55.5 Å². The van der Waals surface area contributed by atoms with E-state index in [-0.39, 0.29) is 10.6 Å². The van der Waals surface area contributed by atoms with Gasteiger partial charge in [-0.3, -0.25) is 9.52 Å². The number of benzene rings is 4. The van der Waals surface area contributed by atoms with E-state index in [1.807, 2.05) is 30.3 Å². The number of halogens is 1. The molecule has 0 saturated carbocycles. The standard InChI is InChI=1S/C26H23FN2O4S/c1-2-24(33-25-13-6-5-11-22(25)27)26(30)28-19-14-16-20(17-15-19)34(31,32)29-23-12-7-9-18-8-3-4-10-21(18)23/h3-17,24,29H,2H2,1H3,(H,28,30)/t24-/m1/s1. The minimum Gasteiger partial charge on any atom is -0.478 e. The molecule has 0 aliphatic heterocycles. The number of carbonyl (C=O) groups is 1. The van der Waals surface area contributed by atoms with E-state index in [4.69, 9.17) is 4.74 Å². The zero-order valence-electron chi connectivity index (χ0n) is 18.4. The maximum Gasteiger partial charge on any atom is 0.265 e. The molecule has 174 valence electrons. The van der Waals surface area contributed by atoms with E-state index in [2.05, 4.69) is 10.0 Å². The second kappa shape index (κ2) is 9.93. The summed E-state index contributed by atoms with van der Waals surface area (Å²) in [7, 11) is -3.85. The molecule has 0 heterocycles. The van der Waals surface area contributed by atoms with Crippen molar-refractivity contribution >= 4 is 38.1 Å². The fourth-order valence-electron chi connectivity index (χ4n) is 3.47. The molecule has 0 aliphatic carbocycles. The van der Waals surface area contributed by atoms with Gasteiger partial charge in [0.1, 0.15) is 0 Å². The number of fused-ring (bicyclic) bond motifs is 1. The number of anilines is 2. The number of carbonyl (C=O) groups excluding carboxylic acids is 1. The molecule has 0 aliphatic rings. The summed E-state index contributed by atoms with van der Waals surface area (Å²) in [5.41, 5.74) is 0.872. The molecule has 0 fully saturated rings. The van der Waals surface area contributed by atoms with Gasteiger partial charge in [-0.2, -0.15) is 0 Å². The fourth-order valence-corrected chi connectivity index (χ4v) is 4.55. The first kappa shape index (κ1) is 23.3. The topological polar surface area (TPSA) is 84.5 Å². The lowest BCUT2D eigenvalue weighted by Crippen LogP contribution is -2.32. The van der Waals surface area contributed by atoms with Gasteiger partial charge in [0.2, 0.25) is 0 Å². The molecule has 0 spiro atoms. The smallest absolute Gasteiger partial charge is 0.265 e. The van der Waals surface area contributed by atoms with Crippen LogP contribution in [0, 0.1) is 5.82 Å². The Morgan fingerprint density at radius 1 is 0.912 bits per heavy atom. The zero-order valence-corrected chi connectivity index (χ0v) is 19.2. The summed E-state index contributed by atoms with van der Waals surface area (Å²) in [6.07, 6.45) is -0.588. The van der Waals surface area contributed by atoms with Crippen LogP contribution in [0.1, 0.15) is 13.3 Å². The van der Waals surface area contributed by atoms with E-state index < -0.39 is 27.9 Å². The average molecular weight is 479 g/mol. The van der Waals surface area contributed by atoms with Crippen molar-refractivity contribution in [2.45, 2.75) is 24.3 Å². The maximum absolute atomic E-state index is 13.9. The lowest BCUT2D eigenvalue weighted by Gasteiger charge is -2.18. The van der Waals surface area contributed by atoms with Gasteiger partial charge >= 0.3 is 0 Å². The molecule has 2 N–H and O–H groups in total. The Balaban J connectivity index is 1.46. The van der Waals surface area contributed by atoms with Crippen LogP contribution in [0.3, 0.4) is 0 Å². The minimum absolute atomic E-state index is 0.00884. The van der Waals surface area contributed by atoms with Crippen molar-refractivity contribution in [3.63, 3.8) is 0 Å². The Bertz CT molecular complexity index is 1420. The van der Waals surface area contributed by atoms with Crippen LogP contribution in [-0.4, -0.2) is 20.4 Å². The summed E-state index contributed by atoms with van der Waals surface area (Å²) < 4.78 is 47.8. The average Bonchev–Trinajstić information content (AvgIpc) is 2.84. The van der Waals surface area contributed by atoms with E-state index >= 15 is 0 Å². The molecule has 8 heteroatoms. The first-order valence-electron chi connectivity index (χ1n) is 10.7. The third-order valence-corrected chi connectivity index (χ3v) is 6.62. The van der Waals surface area contributed by atoms with E-state index in [1.165, 1.54) is 42.5 Å². The highest BCUT2D eigenvalue weighted by atomic mass is 32.2. The van der Waals surface area contributed by atoms with Gasteiger partial charge in [-0.15, -0.1) is 0 Å². The molecule has 1 amide bonds. The number of sulfonamides is 1. The van der Waals surface area contributed by atoms with Gasteiger partial charge in [0, 0.05) is 11.1 Å². The first-order chi connectivity index (χ1) is 16.4. The summed E-state index contributed by atoms with van der Waals surface area (Å²) in [4.78, 5) is 12.7. The van der Waals surface area contributed by atoms with E-state index in [0.717, 1.165) is 10.8 Å². The molecule has 34 heavy (non-hydrogen) atoms. The summed E-state index contributed by atoms with van der Waals surface area (Å²) in [5, 5.41) is 4.39. The molecule has 6 nitrogen and oxygen atoms in total. The molecular formula is C26H23FN2O4S. The lowest BCUT2D eigenvalue weighted by atomic mass is 10.1. The van der Waals surface area contributed by atoms with Gasteiger partial charge in [0.15, 0.2) is 17.7 Å². The third-order valence-electron chi connectivity index (χ3n) is 5.24. The molecule has 0 saturated heterocycles. The zero-order chi connectivity index (χ0) is 24.1. The maximum atomic E-state index is 13.9. The molecule has 4 aromatic rings. The van der Waals surface area contributed by atoms with E-state index in [1.54, 1.807) is 25.1 Å². The molecule has 0 radical (unpaired) electrons. The van der Waals surface area contributed by atoms with Crippen LogP contribution in [0.2, 0.25) is 0 Å². The number of rotatable bonds is 8. The molecule has 1 atom stereocenters. The number of hydrogen-bond acceptors (Lipinski definition) is 4. The van der Waals surface area contributed by atoms with Crippen molar-refractivity contribution in [1.82, 2.24) is 0 Å². The summed E-state index contributed by atoms with van der Waals surface area (Å²) >= 11 is 0. The lowest BCUT2D eigenvalue weighted by molar-refractivity contribution is -0.122. The molecule has 4 aromatic carbocycles.